The highest BCUT2D eigenvalue weighted by Crippen LogP contribution is 2.36. The first-order valence-electron chi connectivity index (χ1n) is 7.35. The van der Waals surface area contributed by atoms with E-state index in [1.807, 2.05) is 0 Å². The topological polar surface area (TPSA) is 15.3 Å². The molecule has 1 aromatic carbocycles. The van der Waals surface area contributed by atoms with E-state index in [0.717, 1.165) is 17.6 Å². The van der Waals surface area contributed by atoms with E-state index in [1.54, 1.807) is 0 Å². The van der Waals surface area contributed by atoms with Crippen LogP contribution in [0.15, 0.2) is 30.3 Å². The molecule has 1 unspecified atom stereocenters. The number of hydrogen-bond acceptors (Lipinski definition) is 1. The van der Waals surface area contributed by atoms with Crippen LogP contribution in [0.1, 0.15) is 38.2 Å². The maximum atomic E-state index is 5.63. The van der Waals surface area contributed by atoms with Crippen molar-refractivity contribution in [1.82, 2.24) is 10.2 Å². The molecule has 0 radical (unpaired) electrons. The summed E-state index contributed by atoms with van der Waals surface area (Å²) < 4.78 is 0. The molecule has 0 bridgehead atoms. The molecule has 0 aromatic heterocycles. The third-order valence-corrected chi connectivity index (χ3v) is 4.51. The Labute approximate surface area is 121 Å². The Morgan fingerprint density at radius 2 is 1.95 bits per heavy atom. The molecular formula is C16H22N2S. The zero-order chi connectivity index (χ0) is 13.2. The van der Waals surface area contributed by atoms with E-state index in [0.29, 0.717) is 12.1 Å². The van der Waals surface area contributed by atoms with Crippen LogP contribution >= 0.6 is 12.2 Å². The van der Waals surface area contributed by atoms with Crippen LogP contribution in [0.25, 0.3) is 0 Å². The van der Waals surface area contributed by atoms with E-state index in [1.165, 1.54) is 31.2 Å². The molecule has 2 fully saturated rings. The van der Waals surface area contributed by atoms with Gasteiger partial charge in [0, 0.05) is 18.6 Å². The van der Waals surface area contributed by atoms with Crippen molar-refractivity contribution in [3.05, 3.63) is 35.9 Å². The summed E-state index contributed by atoms with van der Waals surface area (Å²) in [5, 5.41) is 4.44. The largest absolute Gasteiger partial charge is 0.360 e. The summed E-state index contributed by atoms with van der Waals surface area (Å²) in [5.41, 5.74) is 1.34. The number of thiocarbonyl (C=S) groups is 1. The van der Waals surface area contributed by atoms with E-state index in [-0.39, 0.29) is 0 Å². The van der Waals surface area contributed by atoms with Gasteiger partial charge in [-0.05, 0) is 56.3 Å². The van der Waals surface area contributed by atoms with Gasteiger partial charge in [-0.25, -0.2) is 0 Å². The smallest absolute Gasteiger partial charge is 0.169 e. The average molecular weight is 274 g/mol. The highest BCUT2D eigenvalue weighted by Gasteiger charge is 2.34. The van der Waals surface area contributed by atoms with Gasteiger partial charge in [0.25, 0.3) is 0 Å². The summed E-state index contributed by atoms with van der Waals surface area (Å²) in [7, 11) is 0. The van der Waals surface area contributed by atoms with Gasteiger partial charge < -0.3 is 10.2 Å². The van der Waals surface area contributed by atoms with Gasteiger partial charge in [-0.15, -0.1) is 0 Å². The van der Waals surface area contributed by atoms with Crippen LogP contribution in [0.5, 0.6) is 0 Å². The lowest BCUT2D eigenvalue weighted by Gasteiger charge is -2.32. The monoisotopic (exact) mass is 274 g/mol. The van der Waals surface area contributed by atoms with E-state index in [9.17, 15) is 0 Å². The third-order valence-electron chi connectivity index (χ3n) is 4.16. The maximum Gasteiger partial charge on any atom is 0.169 e. The Balaban J connectivity index is 1.69. The van der Waals surface area contributed by atoms with Crippen LogP contribution in [0.2, 0.25) is 0 Å². The summed E-state index contributed by atoms with van der Waals surface area (Å²) in [6, 6.07) is 11.8. The van der Waals surface area contributed by atoms with Crippen molar-refractivity contribution in [2.45, 2.75) is 51.2 Å². The van der Waals surface area contributed by atoms with Crippen molar-refractivity contribution < 1.29 is 0 Å². The van der Waals surface area contributed by atoms with Crippen molar-refractivity contribution in [1.29, 1.82) is 0 Å². The van der Waals surface area contributed by atoms with Crippen LogP contribution in [-0.4, -0.2) is 22.1 Å². The number of rotatable bonds is 5. The van der Waals surface area contributed by atoms with Crippen LogP contribution in [0, 0.1) is 5.92 Å². The van der Waals surface area contributed by atoms with Crippen molar-refractivity contribution in [2.24, 2.45) is 5.92 Å². The summed E-state index contributed by atoms with van der Waals surface area (Å²) in [5.74, 6) is 0.836. The SMILES string of the molecule is CC(C1CC1)N(Cc1ccccc1)C(=S)NC1CC1. The standard InChI is InChI=1S/C16H22N2S/c1-12(14-7-8-14)18(16(19)17-15-9-10-15)11-13-5-3-2-4-6-13/h2-6,12,14-15H,7-11H2,1H3,(H,17,19). The van der Waals surface area contributed by atoms with Gasteiger partial charge >= 0.3 is 0 Å². The van der Waals surface area contributed by atoms with E-state index < -0.39 is 0 Å². The van der Waals surface area contributed by atoms with Crippen molar-refractivity contribution in [3.8, 4) is 0 Å². The fourth-order valence-electron chi connectivity index (χ4n) is 2.50. The first kappa shape index (κ1) is 12.9. The molecule has 2 saturated carbocycles. The second-order valence-corrected chi connectivity index (χ2v) is 6.30. The fourth-order valence-corrected chi connectivity index (χ4v) is 2.90. The average Bonchev–Trinajstić information content (AvgIpc) is 3.27. The van der Waals surface area contributed by atoms with Crippen LogP contribution < -0.4 is 5.32 Å². The minimum absolute atomic E-state index is 0.555. The van der Waals surface area contributed by atoms with Crippen molar-refractivity contribution in [3.63, 3.8) is 0 Å². The van der Waals surface area contributed by atoms with E-state index >= 15 is 0 Å². The zero-order valence-electron chi connectivity index (χ0n) is 11.5. The number of benzene rings is 1. The maximum absolute atomic E-state index is 5.63. The second-order valence-electron chi connectivity index (χ2n) is 5.92. The number of hydrogen-bond donors (Lipinski definition) is 1. The van der Waals surface area contributed by atoms with E-state index in [4.69, 9.17) is 12.2 Å². The van der Waals surface area contributed by atoms with Gasteiger partial charge in [-0.2, -0.15) is 0 Å². The normalized spacial score (nSPS) is 19.8. The van der Waals surface area contributed by atoms with Gasteiger partial charge in [0.05, 0.1) is 0 Å². The molecule has 102 valence electrons. The van der Waals surface area contributed by atoms with Crippen LogP contribution in [-0.2, 0) is 6.54 Å². The zero-order valence-corrected chi connectivity index (χ0v) is 12.3. The fraction of sp³-hybridized carbons (Fsp3) is 0.562. The molecule has 0 amide bonds. The third kappa shape index (κ3) is 3.47. The second kappa shape index (κ2) is 5.49. The number of nitrogens with zero attached hydrogens (tertiary/aromatic N) is 1. The molecule has 2 aliphatic carbocycles. The van der Waals surface area contributed by atoms with Crippen molar-refractivity contribution >= 4 is 17.3 Å². The lowest BCUT2D eigenvalue weighted by atomic mass is 10.1. The molecule has 2 nitrogen and oxygen atoms in total. The lowest BCUT2D eigenvalue weighted by Crippen LogP contribution is -2.46. The molecule has 2 aliphatic rings. The van der Waals surface area contributed by atoms with Crippen LogP contribution in [0.3, 0.4) is 0 Å². The summed E-state index contributed by atoms with van der Waals surface area (Å²) in [4.78, 5) is 2.39. The minimum atomic E-state index is 0.555. The highest BCUT2D eigenvalue weighted by molar-refractivity contribution is 7.80. The Hall–Kier alpha value is -1.09. The first-order valence-corrected chi connectivity index (χ1v) is 7.76. The Kier molecular flexibility index (Phi) is 3.74. The number of nitrogens with one attached hydrogen (secondary N) is 1. The Bertz CT molecular complexity index is 437. The first-order chi connectivity index (χ1) is 9.24. The van der Waals surface area contributed by atoms with Gasteiger partial charge in [-0.3, -0.25) is 0 Å². The molecule has 1 N–H and O–H groups in total. The predicted molar refractivity (Wildman–Crippen MR) is 82.9 cm³/mol. The molecule has 19 heavy (non-hydrogen) atoms. The minimum Gasteiger partial charge on any atom is -0.360 e. The molecule has 0 heterocycles. The van der Waals surface area contributed by atoms with Gasteiger partial charge in [-0.1, -0.05) is 30.3 Å². The summed E-state index contributed by atoms with van der Waals surface area (Å²) in [6.07, 6.45) is 5.27. The van der Waals surface area contributed by atoms with E-state index in [2.05, 4.69) is 47.5 Å². The Morgan fingerprint density at radius 1 is 1.26 bits per heavy atom. The molecule has 3 rings (SSSR count). The quantitative estimate of drug-likeness (QED) is 0.829. The molecule has 0 aliphatic heterocycles. The summed E-state index contributed by atoms with van der Waals surface area (Å²) >= 11 is 5.63. The van der Waals surface area contributed by atoms with Gasteiger partial charge in [0.15, 0.2) is 5.11 Å². The van der Waals surface area contributed by atoms with Gasteiger partial charge in [0.2, 0.25) is 0 Å². The molecular weight excluding hydrogens is 252 g/mol. The lowest BCUT2D eigenvalue weighted by molar-refractivity contribution is 0.289. The molecule has 0 saturated heterocycles. The molecule has 0 spiro atoms. The molecule has 1 atom stereocenters. The highest BCUT2D eigenvalue weighted by atomic mass is 32.1. The van der Waals surface area contributed by atoms with Crippen molar-refractivity contribution in [2.75, 3.05) is 0 Å². The van der Waals surface area contributed by atoms with Crippen LogP contribution in [0.4, 0.5) is 0 Å². The summed E-state index contributed by atoms with van der Waals surface area (Å²) in [6.45, 7) is 3.25. The molecule has 3 heteroatoms. The predicted octanol–water partition coefficient (Wildman–Crippen LogP) is 3.32. The van der Waals surface area contributed by atoms with Gasteiger partial charge in [0.1, 0.15) is 0 Å². The Morgan fingerprint density at radius 3 is 2.53 bits per heavy atom. The molecule has 1 aromatic rings.